The third kappa shape index (κ3) is 2.50. The van der Waals surface area contributed by atoms with Crippen LogP contribution >= 0.6 is 0 Å². The largest absolute Gasteiger partial charge is 0.480 e. The quantitative estimate of drug-likeness (QED) is 0.899. The fourth-order valence-electron chi connectivity index (χ4n) is 2.48. The van der Waals surface area contributed by atoms with E-state index in [0.717, 1.165) is 5.39 Å². The number of nitrogens with one attached hydrogen (secondary N) is 1. The molecule has 1 aliphatic rings. The minimum atomic E-state index is -1.28. The van der Waals surface area contributed by atoms with Gasteiger partial charge in [-0.3, -0.25) is 4.79 Å². The zero-order chi connectivity index (χ0) is 14.9. The summed E-state index contributed by atoms with van der Waals surface area (Å²) in [6, 6.07) is 8.85. The van der Waals surface area contributed by atoms with Gasteiger partial charge in [-0.2, -0.15) is 0 Å². The van der Waals surface area contributed by atoms with Crippen molar-refractivity contribution in [1.29, 1.82) is 0 Å². The van der Waals surface area contributed by atoms with E-state index in [1.54, 1.807) is 12.1 Å². The Labute approximate surface area is 120 Å². The van der Waals surface area contributed by atoms with Gasteiger partial charge < -0.3 is 19.6 Å². The van der Waals surface area contributed by atoms with Gasteiger partial charge >= 0.3 is 5.97 Å². The van der Waals surface area contributed by atoms with Crippen LogP contribution in [0.5, 0.6) is 0 Å². The molecule has 3 rings (SSSR count). The summed E-state index contributed by atoms with van der Waals surface area (Å²) in [5.74, 6) is -1.45. The Morgan fingerprint density at radius 3 is 2.57 bits per heavy atom. The smallest absolute Gasteiger partial charge is 0.329 e. The highest BCUT2D eigenvalue weighted by atomic mass is 16.5. The number of amides is 1. The normalized spacial score (nSPS) is 17.5. The lowest BCUT2D eigenvalue weighted by Crippen LogP contribution is -2.57. The highest BCUT2D eigenvalue weighted by Crippen LogP contribution is 2.23. The van der Waals surface area contributed by atoms with Crippen LogP contribution in [0.1, 0.15) is 23.4 Å². The second-order valence-electron chi connectivity index (χ2n) is 5.10. The lowest BCUT2D eigenvalue weighted by molar-refractivity contribution is -0.148. The van der Waals surface area contributed by atoms with Crippen molar-refractivity contribution in [3.63, 3.8) is 0 Å². The Kier molecular flexibility index (Phi) is 3.39. The molecule has 6 nitrogen and oxygen atoms in total. The summed E-state index contributed by atoms with van der Waals surface area (Å²) in [4.78, 5) is 23.8. The van der Waals surface area contributed by atoms with E-state index < -0.39 is 17.4 Å². The van der Waals surface area contributed by atoms with Crippen molar-refractivity contribution in [2.24, 2.45) is 0 Å². The van der Waals surface area contributed by atoms with Gasteiger partial charge in [0.1, 0.15) is 11.1 Å². The van der Waals surface area contributed by atoms with Crippen LogP contribution in [0.4, 0.5) is 0 Å². The Hall–Kier alpha value is -2.34. The van der Waals surface area contributed by atoms with Gasteiger partial charge in [-0.25, -0.2) is 4.79 Å². The molecule has 1 aromatic carbocycles. The van der Waals surface area contributed by atoms with E-state index in [-0.39, 0.29) is 18.6 Å². The number of carbonyl (C=O) groups excluding carboxylic acids is 1. The van der Waals surface area contributed by atoms with Gasteiger partial charge in [0.2, 0.25) is 0 Å². The fraction of sp³-hybridized carbons (Fsp3) is 0.333. The maximum Gasteiger partial charge on any atom is 0.329 e. The topological polar surface area (TPSA) is 88.8 Å². The number of hydrogen-bond donors (Lipinski definition) is 2. The Morgan fingerprint density at radius 2 is 1.90 bits per heavy atom. The number of furan rings is 1. The molecule has 0 unspecified atom stereocenters. The van der Waals surface area contributed by atoms with Crippen LogP contribution in [0.2, 0.25) is 0 Å². The highest BCUT2D eigenvalue weighted by molar-refractivity contribution is 5.99. The molecule has 1 saturated heterocycles. The van der Waals surface area contributed by atoms with E-state index in [2.05, 4.69) is 5.32 Å². The van der Waals surface area contributed by atoms with Crippen molar-refractivity contribution in [3.8, 4) is 0 Å². The van der Waals surface area contributed by atoms with Crippen LogP contribution in [0.15, 0.2) is 34.7 Å². The molecule has 0 saturated carbocycles. The second-order valence-corrected chi connectivity index (χ2v) is 5.10. The molecule has 1 aliphatic heterocycles. The van der Waals surface area contributed by atoms with Crippen LogP contribution in [0, 0.1) is 0 Å². The lowest BCUT2D eigenvalue weighted by atomic mass is 9.90. The molecule has 0 atom stereocenters. The number of hydrogen-bond acceptors (Lipinski definition) is 4. The standard InChI is InChI=1S/C15H15NO5/c17-13(12-9-10-3-1-2-4-11(10)21-12)16-15(14(18)19)5-7-20-8-6-15/h1-4,9H,5-8H2,(H,16,17)(H,18,19). The average molecular weight is 289 g/mol. The average Bonchev–Trinajstić information content (AvgIpc) is 2.92. The van der Waals surface area contributed by atoms with Crippen LogP contribution in [-0.4, -0.2) is 35.7 Å². The number of ether oxygens (including phenoxy) is 1. The number of carboxylic acids is 1. The summed E-state index contributed by atoms with van der Waals surface area (Å²) < 4.78 is 10.6. The molecular weight excluding hydrogens is 274 g/mol. The zero-order valence-corrected chi connectivity index (χ0v) is 11.3. The number of carbonyl (C=O) groups is 2. The van der Waals surface area contributed by atoms with Crippen molar-refractivity contribution >= 4 is 22.8 Å². The minimum absolute atomic E-state index is 0.114. The Bertz CT molecular complexity index is 651. The SMILES string of the molecule is O=C(NC1(C(=O)O)CCOCC1)c1cc2ccccc2o1. The van der Waals surface area contributed by atoms with E-state index in [1.807, 2.05) is 18.2 Å². The number of fused-ring (bicyclic) bond motifs is 1. The molecule has 0 spiro atoms. The second kappa shape index (κ2) is 5.21. The molecule has 2 heterocycles. The zero-order valence-electron chi connectivity index (χ0n) is 11.3. The Morgan fingerprint density at radius 1 is 1.19 bits per heavy atom. The van der Waals surface area contributed by atoms with Gasteiger partial charge in [-0.15, -0.1) is 0 Å². The molecule has 6 heteroatoms. The van der Waals surface area contributed by atoms with Gasteiger partial charge in [0, 0.05) is 31.4 Å². The number of carboxylic acid groups (broad SMARTS) is 1. The van der Waals surface area contributed by atoms with E-state index in [4.69, 9.17) is 9.15 Å². The first-order chi connectivity index (χ1) is 10.1. The number of para-hydroxylation sites is 1. The van der Waals surface area contributed by atoms with Crippen molar-refractivity contribution in [2.75, 3.05) is 13.2 Å². The fourth-order valence-corrected chi connectivity index (χ4v) is 2.48. The predicted octanol–water partition coefficient (Wildman–Crippen LogP) is 1.80. The van der Waals surface area contributed by atoms with Crippen LogP contribution < -0.4 is 5.32 Å². The van der Waals surface area contributed by atoms with Crippen molar-refractivity contribution in [2.45, 2.75) is 18.4 Å². The molecule has 1 amide bonds. The summed E-state index contributed by atoms with van der Waals surface area (Å²) in [6.45, 7) is 0.624. The van der Waals surface area contributed by atoms with E-state index in [0.29, 0.717) is 18.8 Å². The van der Waals surface area contributed by atoms with Crippen molar-refractivity contribution in [3.05, 3.63) is 36.1 Å². The van der Waals surface area contributed by atoms with Crippen LogP contribution in [-0.2, 0) is 9.53 Å². The number of rotatable bonds is 3. The van der Waals surface area contributed by atoms with Gasteiger partial charge in [0.05, 0.1) is 0 Å². The maximum atomic E-state index is 12.3. The molecule has 2 aromatic rings. The van der Waals surface area contributed by atoms with Crippen molar-refractivity contribution < 1.29 is 23.8 Å². The molecule has 21 heavy (non-hydrogen) atoms. The van der Waals surface area contributed by atoms with Crippen LogP contribution in [0.3, 0.4) is 0 Å². The molecule has 1 fully saturated rings. The summed E-state index contributed by atoms with van der Waals surface area (Å²) in [5.41, 5.74) is -0.687. The molecular formula is C15H15NO5. The first kappa shape index (κ1) is 13.6. The van der Waals surface area contributed by atoms with Crippen molar-refractivity contribution in [1.82, 2.24) is 5.32 Å². The highest BCUT2D eigenvalue weighted by Gasteiger charge is 2.42. The van der Waals surface area contributed by atoms with Gasteiger partial charge in [-0.1, -0.05) is 18.2 Å². The first-order valence-corrected chi connectivity index (χ1v) is 6.73. The molecule has 2 N–H and O–H groups in total. The van der Waals surface area contributed by atoms with Gasteiger partial charge in [0.25, 0.3) is 5.91 Å². The third-order valence-corrected chi connectivity index (χ3v) is 3.76. The van der Waals surface area contributed by atoms with E-state index in [1.165, 1.54) is 0 Å². The van der Waals surface area contributed by atoms with E-state index >= 15 is 0 Å². The molecule has 0 radical (unpaired) electrons. The van der Waals surface area contributed by atoms with Gasteiger partial charge in [-0.05, 0) is 12.1 Å². The predicted molar refractivity (Wildman–Crippen MR) is 74.1 cm³/mol. The lowest BCUT2D eigenvalue weighted by Gasteiger charge is -2.33. The molecule has 110 valence electrons. The van der Waals surface area contributed by atoms with Crippen LogP contribution in [0.25, 0.3) is 11.0 Å². The first-order valence-electron chi connectivity index (χ1n) is 6.73. The molecule has 0 bridgehead atoms. The Balaban J connectivity index is 1.85. The summed E-state index contributed by atoms with van der Waals surface area (Å²) in [7, 11) is 0. The third-order valence-electron chi connectivity index (χ3n) is 3.76. The van der Waals surface area contributed by atoms with Gasteiger partial charge in [0.15, 0.2) is 5.76 Å². The molecule has 1 aromatic heterocycles. The maximum absolute atomic E-state index is 12.3. The van der Waals surface area contributed by atoms with E-state index in [9.17, 15) is 14.7 Å². The summed E-state index contributed by atoms with van der Waals surface area (Å²) >= 11 is 0. The molecule has 0 aliphatic carbocycles. The summed E-state index contributed by atoms with van der Waals surface area (Å²) in [5, 5.41) is 12.8. The minimum Gasteiger partial charge on any atom is -0.480 e. The number of benzene rings is 1. The monoisotopic (exact) mass is 289 g/mol. The summed E-state index contributed by atoms with van der Waals surface area (Å²) in [6.07, 6.45) is 0.489. The number of aliphatic carboxylic acids is 1.